The number of carbonyl (C=O) groups excluding carboxylic acids is 1. The Morgan fingerprint density at radius 3 is 2.47 bits per heavy atom. The number of hydrogen-bond acceptors (Lipinski definition) is 4. The van der Waals surface area contributed by atoms with Crippen molar-refractivity contribution in [1.82, 2.24) is 5.32 Å². The molecule has 0 radical (unpaired) electrons. The molecule has 0 unspecified atom stereocenters. The third-order valence-electron chi connectivity index (χ3n) is 3.95. The first-order chi connectivity index (χ1) is 14.2. The minimum absolute atomic E-state index is 0.0616. The van der Waals surface area contributed by atoms with Crippen LogP contribution in [0.1, 0.15) is 12.5 Å². The van der Waals surface area contributed by atoms with Gasteiger partial charge in [0.15, 0.2) is 0 Å². The number of anilines is 2. The van der Waals surface area contributed by atoms with Crippen LogP contribution in [0.5, 0.6) is 0 Å². The normalized spacial score (nSPS) is 11.9. The number of benzene rings is 2. The average Bonchev–Trinajstić information content (AvgIpc) is 2.70. The van der Waals surface area contributed by atoms with Crippen LogP contribution in [0.25, 0.3) is 0 Å². The zero-order valence-corrected chi connectivity index (χ0v) is 18.2. The fraction of sp³-hybridized carbons (Fsp3) is 0.143. The van der Waals surface area contributed by atoms with Crippen molar-refractivity contribution < 1.29 is 13.2 Å². The summed E-state index contributed by atoms with van der Waals surface area (Å²) < 4.78 is 27.6. The first kappa shape index (κ1) is 23.2. The molecule has 158 valence electrons. The Bertz CT molecular complexity index is 1080. The number of allylic oxidation sites excluding steroid dienone is 2. The van der Waals surface area contributed by atoms with Crippen LogP contribution in [0.15, 0.2) is 76.3 Å². The van der Waals surface area contributed by atoms with Crippen molar-refractivity contribution in [3.8, 4) is 0 Å². The molecule has 3 N–H and O–H groups in total. The molecule has 0 saturated carbocycles. The van der Waals surface area contributed by atoms with Gasteiger partial charge in [-0.1, -0.05) is 29.3 Å². The smallest absolute Gasteiger partial charge is 0.319 e. The molecule has 30 heavy (non-hydrogen) atoms. The fourth-order valence-corrected chi connectivity index (χ4v) is 3.54. The van der Waals surface area contributed by atoms with Gasteiger partial charge < -0.3 is 10.6 Å². The number of amides is 2. The number of aliphatic imine (C=N–C) groups is 1. The molecule has 2 amide bonds. The summed E-state index contributed by atoms with van der Waals surface area (Å²) in [5.41, 5.74) is 2.61. The predicted molar refractivity (Wildman–Crippen MR) is 123 cm³/mol. The number of urea groups is 1. The first-order valence-electron chi connectivity index (χ1n) is 8.93. The van der Waals surface area contributed by atoms with Gasteiger partial charge in [-0.25, -0.2) is 13.2 Å². The lowest BCUT2D eigenvalue weighted by atomic mass is 10.2. The molecule has 0 aliphatic carbocycles. The van der Waals surface area contributed by atoms with Crippen molar-refractivity contribution in [3.63, 3.8) is 0 Å². The molecule has 0 saturated heterocycles. The summed E-state index contributed by atoms with van der Waals surface area (Å²) in [5.74, 6) is 0. The molecule has 2 aromatic rings. The van der Waals surface area contributed by atoms with Crippen LogP contribution in [-0.2, 0) is 10.0 Å². The Kier molecular flexibility index (Phi) is 8.20. The largest absolute Gasteiger partial charge is 0.334 e. The van der Waals surface area contributed by atoms with Crippen LogP contribution in [0.4, 0.5) is 16.2 Å². The minimum Gasteiger partial charge on any atom is -0.334 e. The van der Waals surface area contributed by atoms with E-state index in [4.69, 9.17) is 11.6 Å². The minimum atomic E-state index is -3.78. The molecule has 7 nitrogen and oxygen atoms in total. The summed E-state index contributed by atoms with van der Waals surface area (Å²) in [6.07, 6.45) is 5.07. The maximum Gasteiger partial charge on any atom is 0.319 e. The topological polar surface area (TPSA) is 99.7 Å². The molecule has 9 heteroatoms. The third-order valence-corrected chi connectivity index (χ3v) is 5.75. The molecule has 2 rings (SSSR count). The van der Waals surface area contributed by atoms with Gasteiger partial charge in [-0.05, 0) is 68.6 Å². The van der Waals surface area contributed by atoms with Gasteiger partial charge in [0.25, 0.3) is 10.0 Å². The Balaban J connectivity index is 1.97. The van der Waals surface area contributed by atoms with Gasteiger partial charge in [-0.15, -0.1) is 0 Å². The van der Waals surface area contributed by atoms with Crippen LogP contribution >= 0.6 is 11.6 Å². The van der Waals surface area contributed by atoms with E-state index < -0.39 is 16.1 Å². The van der Waals surface area contributed by atoms with Crippen LogP contribution in [-0.4, -0.2) is 27.7 Å². The van der Waals surface area contributed by atoms with Crippen LogP contribution in [0.2, 0.25) is 5.02 Å². The van der Waals surface area contributed by atoms with Gasteiger partial charge in [0.2, 0.25) is 0 Å². The number of sulfonamides is 1. The zero-order chi connectivity index (χ0) is 22.1. The molecule has 0 aromatic heterocycles. The molecule has 0 aliphatic heterocycles. The van der Waals surface area contributed by atoms with Gasteiger partial charge in [0, 0.05) is 23.5 Å². The summed E-state index contributed by atoms with van der Waals surface area (Å²) in [4.78, 5) is 15.6. The van der Waals surface area contributed by atoms with Gasteiger partial charge in [0.1, 0.15) is 0 Å². The monoisotopic (exact) mass is 446 g/mol. The second-order valence-electron chi connectivity index (χ2n) is 6.44. The first-order valence-corrected chi connectivity index (χ1v) is 10.8. The van der Waals surface area contributed by atoms with Gasteiger partial charge in [0.05, 0.1) is 10.6 Å². The standard InChI is InChI=1S/C21H23ClN4O3S/c1-15(5-4-12-23-3)14-24-21(27)25-17-8-10-19(11-9-17)30(28,29)26-18-7-6-16(2)20(22)13-18/h4-13,26H,3,14H2,1-2H3,(H2,24,25,27)/b12-4-,15-5+. The molecule has 0 aliphatic rings. The van der Waals surface area contributed by atoms with Crippen molar-refractivity contribution in [3.05, 3.63) is 77.0 Å². The molecule has 0 fully saturated rings. The van der Waals surface area contributed by atoms with Crippen LogP contribution < -0.4 is 15.4 Å². The predicted octanol–water partition coefficient (Wildman–Crippen LogP) is 4.73. The van der Waals surface area contributed by atoms with Crippen molar-refractivity contribution in [2.24, 2.45) is 4.99 Å². The maximum atomic E-state index is 12.5. The highest BCUT2D eigenvalue weighted by molar-refractivity contribution is 7.92. The number of aryl methyl sites for hydroxylation is 1. The molecular weight excluding hydrogens is 424 g/mol. The molecule has 0 heterocycles. The lowest BCUT2D eigenvalue weighted by Crippen LogP contribution is -2.30. The number of carbonyl (C=O) groups is 1. The summed E-state index contributed by atoms with van der Waals surface area (Å²) in [5, 5.41) is 5.83. The Hall–Kier alpha value is -3.10. The lowest BCUT2D eigenvalue weighted by molar-refractivity contribution is 0.253. The van der Waals surface area contributed by atoms with E-state index in [9.17, 15) is 13.2 Å². The van der Waals surface area contributed by atoms with Crippen molar-refractivity contribution in [2.75, 3.05) is 16.6 Å². The van der Waals surface area contributed by atoms with Gasteiger partial charge in [-0.2, -0.15) is 0 Å². The second-order valence-corrected chi connectivity index (χ2v) is 8.53. The number of hydrogen-bond donors (Lipinski definition) is 3. The number of nitrogens with zero attached hydrogens (tertiary/aromatic N) is 1. The number of rotatable bonds is 8. The Morgan fingerprint density at radius 1 is 1.17 bits per heavy atom. The summed E-state index contributed by atoms with van der Waals surface area (Å²) in [6, 6.07) is 10.4. The van der Waals surface area contributed by atoms with E-state index in [1.54, 1.807) is 30.5 Å². The molecule has 0 spiro atoms. The van der Waals surface area contributed by atoms with Crippen LogP contribution in [0, 0.1) is 6.92 Å². The van der Waals surface area contributed by atoms with E-state index in [0.29, 0.717) is 22.9 Å². The average molecular weight is 447 g/mol. The third kappa shape index (κ3) is 7.06. The second kappa shape index (κ2) is 10.6. The maximum absolute atomic E-state index is 12.5. The van der Waals surface area contributed by atoms with E-state index in [1.165, 1.54) is 24.3 Å². The highest BCUT2D eigenvalue weighted by Crippen LogP contribution is 2.23. The number of halogens is 1. The van der Waals surface area contributed by atoms with E-state index >= 15 is 0 Å². The van der Waals surface area contributed by atoms with E-state index in [-0.39, 0.29) is 4.90 Å². The molecule has 0 atom stereocenters. The van der Waals surface area contributed by atoms with E-state index in [2.05, 4.69) is 27.1 Å². The van der Waals surface area contributed by atoms with E-state index in [0.717, 1.165) is 11.1 Å². The van der Waals surface area contributed by atoms with Crippen molar-refractivity contribution in [1.29, 1.82) is 0 Å². The molecule has 0 bridgehead atoms. The van der Waals surface area contributed by atoms with Gasteiger partial charge in [-0.3, -0.25) is 9.71 Å². The Morgan fingerprint density at radius 2 is 1.83 bits per heavy atom. The molecular formula is C21H23ClN4O3S. The Labute approximate surface area is 181 Å². The fourth-order valence-electron chi connectivity index (χ4n) is 2.31. The highest BCUT2D eigenvalue weighted by atomic mass is 35.5. The summed E-state index contributed by atoms with van der Waals surface area (Å²) in [6.45, 7) is 7.38. The lowest BCUT2D eigenvalue weighted by Gasteiger charge is -2.11. The quantitative estimate of drug-likeness (QED) is 0.403. The summed E-state index contributed by atoms with van der Waals surface area (Å²) in [7, 11) is -3.78. The van der Waals surface area contributed by atoms with Gasteiger partial charge >= 0.3 is 6.03 Å². The summed E-state index contributed by atoms with van der Waals surface area (Å²) >= 11 is 6.04. The van der Waals surface area contributed by atoms with Crippen molar-refractivity contribution >= 4 is 45.7 Å². The van der Waals surface area contributed by atoms with Crippen molar-refractivity contribution in [2.45, 2.75) is 18.7 Å². The highest BCUT2D eigenvalue weighted by Gasteiger charge is 2.15. The SMILES string of the molecule is C=N/C=C\C=C(/C)CNC(=O)Nc1ccc(S(=O)(=O)Nc2ccc(C)c(Cl)c2)cc1. The molecule has 2 aromatic carbocycles. The van der Waals surface area contributed by atoms with E-state index in [1.807, 2.05) is 19.9 Å². The van der Waals surface area contributed by atoms with Crippen LogP contribution in [0.3, 0.4) is 0 Å². The zero-order valence-electron chi connectivity index (χ0n) is 16.6. The number of nitrogens with one attached hydrogen (secondary N) is 3.